The van der Waals surface area contributed by atoms with Gasteiger partial charge in [-0.3, -0.25) is 0 Å². The van der Waals surface area contributed by atoms with Gasteiger partial charge in [0.15, 0.2) is 0 Å². The number of unbranched alkanes of at least 4 members (excludes halogenated alkanes) is 12. The van der Waals surface area contributed by atoms with E-state index in [9.17, 15) is 0 Å². The molecule has 0 aliphatic carbocycles. The Kier molecular flexibility index (Phi) is 20.5. The molecule has 0 saturated carbocycles. The summed E-state index contributed by atoms with van der Waals surface area (Å²) in [7, 11) is 0. The normalized spacial score (nSPS) is 13.2. The Morgan fingerprint density at radius 2 is 0.962 bits per heavy atom. The van der Waals surface area contributed by atoms with Gasteiger partial charge in [-0.15, -0.1) is 11.8 Å². The molecule has 0 fully saturated rings. The maximum absolute atomic E-state index is 3.95. The molecule has 0 saturated heterocycles. The van der Waals surface area contributed by atoms with Gasteiger partial charge in [-0.1, -0.05) is 111 Å². The number of hydrogen-bond acceptors (Lipinski definition) is 0. The van der Waals surface area contributed by atoms with E-state index in [1.165, 1.54) is 83.5 Å². The highest BCUT2D eigenvalue weighted by atomic mass is 14.1. The Bertz CT molecular complexity index is 319. The van der Waals surface area contributed by atoms with Crippen LogP contribution in [-0.2, 0) is 0 Å². The Morgan fingerprint density at radius 1 is 0.538 bits per heavy atom. The van der Waals surface area contributed by atoms with Crippen LogP contribution in [0.1, 0.15) is 129 Å². The molecule has 0 amide bonds. The molecule has 152 valence electrons. The van der Waals surface area contributed by atoms with Crippen LogP contribution < -0.4 is 0 Å². The van der Waals surface area contributed by atoms with Gasteiger partial charge in [-0.05, 0) is 31.1 Å². The van der Waals surface area contributed by atoms with E-state index < -0.39 is 0 Å². The quantitative estimate of drug-likeness (QED) is 0.169. The fourth-order valence-corrected chi connectivity index (χ4v) is 3.75. The maximum atomic E-state index is 3.95. The minimum absolute atomic E-state index is 0.895. The van der Waals surface area contributed by atoms with E-state index in [1.54, 1.807) is 0 Å². The Labute approximate surface area is 167 Å². The SMILES string of the molecule is [CH2]CCCC#CCCCCCCCCCCCC(C)CC(C)CCC[CH2]. The zero-order valence-electron chi connectivity index (χ0n) is 18.3. The molecule has 0 spiro atoms. The predicted octanol–water partition coefficient (Wildman–Crippen LogP) is 8.95. The minimum atomic E-state index is 0.895. The summed E-state index contributed by atoms with van der Waals surface area (Å²) in [6.45, 7) is 12.7. The highest BCUT2D eigenvalue weighted by Crippen LogP contribution is 2.22. The van der Waals surface area contributed by atoms with Crippen molar-refractivity contribution in [2.75, 3.05) is 0 Å². The lowest BCUT2D eigenvalue weighted by Gasteiger charge is -2.16. The largest absolute Gasteiger partial charge is 0.103 e. The molecular weight excluding hydrogens is 312 g/mol. The summed E-state index contributed by atoms with van der Waals surface area (Å²) in [6.07, 6.45) is 23.6. The zero-order valence-corrected chi connectivity index (χ0v) is 18.3. The van der Waals surface area contributed by atoms with Crippen LogP contribution >= 0.6 is 0 Å². The Morgan fingerprint density at radius 3 is 1.50 bits per heavy atom. The van der Waals surface area contributed by atoms with Crippen LogP contribution in [0.25, 0.3) is 0 Å². The third-order valence-electron chi connectivity index (χ3n) is 5.43. The van der Waals surface area contributed by atoms with Gasteiger partial charge in [0.05, 0.1) is 0 Å². The summed E-state index contributed by atoms with van der Waals surface area (Å²) in [6, 6.07) is 0. The third kappa shape index (κ3) is 19.9. The molecule has 0 aliphatic rings. The highest BCUT2D eigenvalue weighted by molar-refractivity contribution is 4.98. The van der Waals surface area contributed by atoms with E-state index in [-0.39, 0.29) is 0 Å². The van der Waals surface area contributed by atoms with Gasteiger partial charge in [0.2, 0.25) is 0 Å². The summed E-state index contributed by atoms with van der Waals surface area (Å²) in [4.78, 5) is 0. The summed E-state index contributed by atoms with van der Waals surface area (Å²) in [5, 5.41) is 0. The van der Waals surface area contributed by atoms with Crippen molar-refractivity contribution < 1.29 is 0 Å². The van der Waals surface area contributed by atoms with Gasteiger partial charge >= 0.3 is 0 Å². The Balaban J connectivity index is 3.24. The van der Waals surface area contributed by atoms with E-state index in [0.717, 1.165) is 43.9 Å². The molecule has 0 aromatic rings. The molecule has 0 heteroatoms. The molecule has 0 bridgehead atoms. The standard InChI is InChI=1S/C26H48/c1-5-7-9-10-11-12-13-14-15-16-17-18-19-20-21-23-26(4)24-25(3)22-8-6-2/h25-26H,1-2,5-9,12-24H2,3-4H3. The van der Waals surface area contributed by atoms with Gasteiger partial charge in [0.1, 0.15) is 0 Å². The minimum Gasteiger partial charge on any atom is -0.103 e. The van der Waals surface area contributed by atoms with Crippen molar-refractivity contribution in [3.8, 4) is 11.8 Å². The van der Waals surface area contributed by atoms with E-state index in [4.69, 9.17) is 0 Å². The molecule has 2 atom stereocenters. The summed E-state index contributed by atoms with van der Waals surface area (Å²) in [5.41, 5.74) is 0. The van der Waals surface area contributed by atoms with Gasteiger partial charge in [-0.25, -0.2) is 0 Å². The van der Waals surface area contributed by atoms with Crippen LogP contribution in [0.4, 0.5) is 0 Å². The zero-order chi connectivity index (χ0) is 19.3. The van der Waals surface area contributed by atoms with E-state index in [0.29, 0.717) is 0 Å². The molecule has 2 unspecified atom stereocenters. The van der Waals surface area contributed by atoms with Crippen molar-refractivity contribution in [1.29, 1.82) is 0 Å². The first-order valence-corrected chi connectivity index (χ1v) is 11.7. The summed E-state index contributed by atoms with van der Waals surface area (Å²) in [5.74, 6) is 8.36. The van der Waals surface area contributed by atoms with Gasteiger partial charge < -0.3 is 0 Å². The molecule has 0 heterocycles. The van der Waals surface area contributed by atoms with Gasteiger partial charge in [0.25, 0.3) is 0 Å². The van der Waals surface area contributed by atoms with Crippen molar-refractivity contribution in [3.05, 3.63) is 13.8 Å². The summed E-state index contributed by atoms with van der Waals surface area (Å²) < 4.78 is 0. The fourth-order valence-electron chi connectivity index (χ4n) is 3.75. The van der Waals surface area contributed by atoms with E-state index in [1.807, 2.05) is 0 Å². The van der Waals surface area contributed by atoms with Crippen molar-refractivity contribution in [3.63, 3.8) is 0 Å². The van der Waals surface area contributed by atoms with Crippen LogP contribution in [-0.4, -0.2) is 0 Å². The molecule has 0 nitrogen and oxygen atoms in total. The molecule has 0 aromatic heterocycles. The predicted molar refractivity (Wildman–Crippen MR) is 120 cm³/mol. The molecule has 0 N–H and O–H groups in total. The number of rotatable bonds is 18. The molecular formula is C26H48. The smallest absolute Gasteiger partial charge is 0.00886 e. The molecule has 0 aromatic carbocycles. The van der Waals surface area contributed by atoms with Gasteiger partial charge in [0, 0.05) is 12.8 Å². The first-order valence-electron chi connectivity index (χ1n) is 11.7. The van der Waals surface area contributed by atoms with Crippen molar-refractivity contribution in [2.45, 2.75) is 129 Å². The van der Waals surface area contributed by atoms with Crippen molar-refractivity contribution in [1.82, 2.24) is 0 Å². The van der Waals surface area contributed by atoms with E-state index in [2.05, 4.69) is 39.5 Å². The lowest BCUT2D eigenvalue weighted by Crippen LogP contribution is -2.03. The number of hydrogen-bond donors (Lipinski definition) is 0. The first-order chi connectivity index (χ1) is 12.7. The average molecular weight is 361 g/mol. The van der Waals surface area contributed by atoms with Crippen LogP contribution in [0.2, 0.25) is 0 Å². The van der Waals surface area contributed by atoms with Gasteiger partial charge in [-0.2, -0.15) is 0 Å². The second kappa shape index (κ2) is 20.9. The lowest BCUT2D eigenvalue weighted by molar-refractivity contribution is 0.361. The average Bonchev–Trinajstić information content (AvgIpc) is 2.63. The second-order valence-corrected chi connectivity index (χ2v) is 8.47. The van der Waals surface area contributed by atoms with Crippen LogP contribution in [0.3, 0.4) is 0 Å². The van der Waals surface area contributed by atoms with Crippen molar-refractivity contribution >= 4 is 0 Å². The monoisotopic (exact) mass is 360 g/mol. The van der Waals surface area contributed by atoms with Crippen LogP contribution in [0.15, 0.2) is 0 Å². The van der Waals surface area contributed by atoms with Crippen LogP contribution in [0, 0.1) is 37.5 Å². The molecule has 26 heavy (non-hydrogen) atoms. The molecule has 0 aliphatic heterocycles. The first kappa shape index (κ1) is 25.6. The van der Waals surface area contributed by atoms with Crippen LogP contribution in [0.5, 0.6) is 0 Å². The molecule has 2 radical (unpaired) electrons. The topological polar surface area (TPSA) is 0 Å². The van der Waals surface area contributed by atoms with E-state index >= 15 is 0 Å². The molecule has 0 rings (SSSR count). The lowest BCUT2D eigenvalue weighted by atomic mass is 9.90. The van der Waals surface area contributed by atoms with Crippen molar-refractivity contribution in [2.24, 2.45) is 11.8 Å². The fraction of sp³-hybridized carbons (Fsp3) is 0.846. The maximum Gasteiger partial charge on any atom is 0.00886 e. The Hall–Kier alpha value is -0.440. The second-order valence-electron chi connectivity index (χ2n) is 8.47. The highest BCUT2D eigenvalue weighted by Gasteiger charge is 2.08. The summed E-state index contributed by atoms with van der Waals surface area (Å²) >= 11 is 0. The third-order valence-corrected chi connectivity index (χ3v) is 5.43.